The number of allylic oxidation sites excluding steroid dienone is 1. The van der Waals surface area contributed by atoms with E-state index in [2.05, 4.69) is 4.74 Å². The smallest absolute Gasteiger partial charge is 0.293 e. The molecule has 0 spiro atoms. The van der Waals surface area contributed by atoms with Gasteiger partial charge in [0.2, 0.25) is 0 Å². The Hall–Kier alpha value is -0.790. The van der Waals surface area contributed by atoms with Crippen molar-refractivity contribution in [2.75, 3.05) is 6.61 Å². The van der Waals surface area contributed by atoms with Crippen molar-refractivity contribution in [1.29, 1.82) is 0 Å². The molecule has 0 heterocycles. The van der Waals surface area contributed by atoms with Gasteiger partial charge in [-0.1, -0.05) is 6.08 Å². The second-order valence-corrected chi connectivity index (χ2v) is 1.54. The monoisotopic (exact) mass is 114 g/mol. The summed E-state index contributed by atoms with van der Waals surface area (Å²) >= 11 is 0. The maximum atomic E-state index is 9.58. The van der Waals surface area contributed by atoms with Crippen molar-refractivity contribution >= 4 is 6.47 Å². The summed E-state index contributed by atoms with van der Waals surface area (Å²) in [6, 6.07) is 0. The molecule has 0 fully saturated rings. The van der Waals surface area contributed by atoms with E-state index in [-0.39, 0.29) is 0 Å². The fourth-order valence-corrected chi connectivity index (χ4v) is 0.249. The molecule has 0 rings (SSSR count). The van der Waals surface area contributed by atoms with Gasteiger partial charge in [0.05, 0.1) is 0 Å². The van der Waals surface area contributed by atoms with E-state index in [9.17, 15) is 4.79 Å². The molecule has 2 nitrogen and oxygen atoms in total. The Kier molecular flexibility index (Phi) is 3.94. The van der Waals surface area contributed by atoms with Crippen LogP contribution in [-0.4, -0.2) is 13.1 Å². The molecule has 0 saturated carbocycles. The quantitative estimate of drug-likeness (QED) is 0.406. The molecule has 0 bridgehead atoms. The van der Waals surface area contributed by atoms with Gasteiger partial charge >= 0.3 is 0 Å². The first-order valence-electron chi connectivity index (χ1n) is 2.48. The molecular weight excluding hydrogens is 104 g/mol. The van der Waals surface area contributed by atoms with E-state index in [0.29, 0.717) is 13.1 Å². The van der Waals surface area contributed by atoms with Crippen LogP contribution < -0.4 is 0 Å². The first kappa shape index (κ1) is 7.21. The lowest BCUT2D eigenvalue weighted by Gasteiger charge is -1.94. The average Bonchev–Trinajstić information content (AvgIpc) is 1.83. The van der Waals surface area contributed by atoms with Crippen molar-refractivity contribution < 1.29 is 9.53 Å². The van der Waals surface area contributed by atoms with Gasteiger partial charge in [-0.2, -0.15) is 0 Å². The van der Waals surface area contributed by atoms with Crippen LogP contribution in [0.2, 0.25) is 0 Å². The van der Waals surface area contributed by atoms with E-state index in [1.807, 2.05) is 19.9 Å². The molecule has 0 amide bonds. The van der Waals surface area contributed by atoms with Crippen LogP contribution >= 0.6 is 0 Å². The predicted octanol–water partition coefficient (Wildman–Crippen LogP) is 1.13. The molecule has 0 aliphatic carbocycles. The van der Waals surface area contributed by atoms with Gasteiger partial charge in [-0.15, -0.1) is 0 Å². The van der Waals surface area contributed by atoms with Crippen LogP contribution in [0.15, 0.2) is 11.6 Å². The number of hydrogen-bond acceptors (Lipinski definition) is 2. The lowest BCUT2D eigenvalue weighted by molar-refractivity contribution is -0.127. The van der Waals surface area contributed by atoms with Gasteiger partial charge in [0.1, 0.15) is 6.61 Å². The second-order valence-electron chi connectivity index (χ2n) is 1.54. The number of carbonyl (C=O) groups is 1. The molecule has 0 atom stereocenters. The Morgan fingerprint density at radius 1 is 1.75 bits per heavy atom. The average molecular weight is 114 g/mol. The van der Waals surface area contributed by atoms with Crippen molar-refractivity contribution in [1.82, 2.24) is 0 Å². The lowest BCUT2D eigenvalue weighted by atomic mass is 10.3. The number of ether oxygens (including phenoxy) is 1. The Morgan fingerprint density at radius 3 is 2.75 bits per heavy atom. The van der Waals surface area contributed by atoms with Gasteiger partial charge in [0.15, 0.2) is 0 Å². The zero-order valence-electron chi connectivity index (χ0n) is 5.18. The van der Waals surface area contributed by atoms with Gasteiger partial charge in [0.25, 0.3) is 6.47 Å². The van der Waals surface area contributed by atoms with E-state index in [4.69, 9.17) is 0 Å². The van der Waals surface area contributed by atoms with Crippen molar-refractivity contribution in [2.24, 2.45) is 0 Å². The van der Waals surface area contributed by atoms with E-state index >= 15 is 0 Å². The van der Waals surface area contributed by atoms with E-state index < -0.39 is 0 Å². The summed E-state index contributed by atoms with van der Waals surface area (Å²) < 4.78 is 4.44. The van der Waals surface area contributed by atoms with Crippen molar-refractivity contribution in [3.05, 3.63) is 11.6 Å². The minimum absolute atomic E-state index is 0.417. The highest BCUT2D eigenvalue weighted by Gasteiger charge is 1.82. The summed E-state index contributed by atoms with van der Waals surface area (Å²) in [6.07, 6.45) is 1.91. The highest BCUT2D eigenvalue weighted by Crippen LogP contribution is 1.89. The molecule has 0 aliphatic heterocycles. The first-order valence-corrected chi connectivity index (χ1v) is 2.48. The van der Waals surface area contributed by atoms with Crippen LogP contribution in [-0.2, 0) is 9.53 Å². The minimum atomic E-state index is 0.417. The molecule has 0 aromatic rings. The largest absolute Gasteiger partial charge is 0.463 e. The maximum absolute atomic E-state index is 9.58. The summed E-state index contributed by atoms with van der Waals surface area (Å²) in [4.78, 5) is 9.58. The summed E-state index contributed by atoms with van der Waals surface area (Å²) in [5, 5.41) is 0. The molecule has 0 aromatic heterocycles. The number of carbonyl (C=O) groups excluding carboxylic acids is 1. The summed E-state index contributed by atoms with van der Waals surface area (Å²) in [7, 11) is 0. The molecule has 0 N–H and O–H groups in total. The molecule has 46 valence electrons. The number of hydrogen-bond donors (Lipinski definition) is 0. The van der Waals surface area contributed by atoms with Crippen molar-refractivity contribution in [3.63, 3.8) is 0 Å². The second kappa shape index (κ2) is 4.37. The third-order valence-corrected chi connectivity index (χ3v) is 0.872. The van der Waals surface area contributed by atoms with Crippen LogP contribution in [0.25, 0.3) is 0 Å². The van der Waals surface area contributed by atoms with Gasteiger partial charge in [-0.25, -0.2) is 0 Å². The molecule has 8 heavy (non-hydrogen) atoms. The zero-order chi connectivity index (χ0) is 6.41. The van der Waals surface area contributed by atoms with Gasteiger partial charge in [-0.05, 0) is 19.4 Å². The Balaban J connectivity index is 3.24. The van der Waals surface area contributed by atoms with E-state index in [1.54, 1.807) is 0 Å². The first-order chi connectivity index (χ1) is 3.81. The topological polar surface area (TPSA) is 26.3 Å². The van der Waals surface area contributed by atoms with Crippen LogP contribution in [0.4, 0.5) is 0 Å². The van der Waals surface area contributed by atoms with Crippen LogP contribution in [0.5, 0.6) is 0 Å². The molecule has 2 heteroatoms. The minimum Gasteiger partial charge on any atom is -0.463 e. The van der Waals surface area contributed by atoms with Crippen LogP contribution in [0, 0.1) is 0 Å². The number of rotatable bonds is 3. The Labute approximate surface area is 49.1 Å². The van der Waals surface area contributed by atoms with E-state index in [0.717, 1.165) is 5.57 Å². The fraction of sp³-hybridized carbons (Fsp3) is 0.500. The molecule has 0 saturated heterocycles. The molecule has 0 aromatic carbocycles. The fourth-order valence-electron chi connectivity index (χ4n) is 0.249. The third-order valence-electron chi connectivity index (χ3n) is 0.872. The molecule has 0 radical (unpaired) electrons. The highest BCUT2D eigenvalue weighted by atomic mass is 16.5. The lowest BCUT2D eigenvalue weighted by Crippen LogP contribution is -1.91. The van der Waals surface area contributed by atoms with Crippen LogP contribution in [0.1, 0.15) is 13.8 Å². The zero-order valence-corrected chi connectivity index (χ0v) is 5.18. The van der Waals surface area contributed by atoms with Gasteiger partial charge in [0, 0.05) is 0 Å². The maximum Gasteiger partial charge on any atom is 0.293 e. The van der Waals surface area contributed by atoms with Crippen LogP contribution in [0.3, 0.4) is 0 Å². The Bertz CT molecular complexity index is 94.7. The normalized spacial score (nSPS) is 11.0. The van der Waals surface area contributed by atoms with Crippen molar-refractivity contribution in [3.8, 4) is 0 Å². The Morgan fingerprint density at radius 2 is 2.38 bits per heavy atom. The molecular formula is C6H10O2. The van der Waals surface area contributed by atoms with E-state index in [1.165, 1.54) is 0 Å². The van der Waals surface area contributed by atoms with Crippen molar-refractivity contribution in [2.45, 2.75) is 13.8 Å². The molecule has 0 unspecified atom stereocenters. The van der Waals surface area contributed by atoms with Gasteiger partial charge < -0.3 is 4.74 Å². The van der Waals surface area contributed by atoms with Gasteiger partial charge in [-0.3, -0.25) is 4.79 Å². The predicted molar refractivity (Wildman–Crippen MR) is 31.4 cm³/mol. The third kappa shape index (κ3) is 3.40. The summed E-state index contributed by atoms with van der Waals surface area (Å²) in [5.41, 5.74) is 1.07. The standard InChI is InChI=1S/C6H10O2/c1-3-6(2)4-8-5-7/h3,5H,4H2,1-2H3. The summed E-state index contributed by atoms with van der Waals surface area (Å²) in [6.45, 7) is 4.68. The molecule has 0 aliphatic rings. The SMILES string of the molecule is CC=C(C)COC=O. The highest BCUT2D eigenvalue weighted by molar-refractivity contribution is 5.37. The summed E-state index contributed by atoms with van der Waals surface area (Å²) in [5.74, 6) is 0.